The molecule has 1 unspecified atom stereocenters. The second-order valence-electron chi connectivity index (χ2n) is 3.75. The molecule has 0 amide bonds. The zero-order chi connectivity index (χ0) is 10.7. The highest BCUT2D eigenvalue weighted by atomic mass is 35.5. The molecule has 0 heterocycles. The molecule has 0 fully saturated rings. The zero-order valence-electron chi connectivity index (χ0n) is 8.94. The number of benzene rings is 1. The van der Waals surface area contributed by atoms with Crippen LogP contribution in [0.3, 0.4) is 0 Å². The Morgan fingerprint density at radius 1 is 1.50 bits per heavy atom. The first-order valence-corrected chi connectivity index (χ1v) is 5.23. The predicted molar refractivity (Wildman–Crippen MR) is 64.6 cm³/mol. The minimum absolute atomic E-state index is 0. The Balaban J connectivity index is 0.00000128. The van der Waals surface area contributed by atoms with Crippen LogP contribution in [0.2, 0.25) is 0 Å². The van der Waals surface area contributed by atoms with Crippen LogP contribution in [0.25, 0.3) is 0 Å². The van der Waals surface area contributed by atoms with Gasteiger partial charge < -0.3 is 10.4 Å². The van der Waals surface area contributed by atoms with Gasteiger partial charge in [-0.3, -0.25) is 0 Å². The molecule has 0 saturated heterocycles. The quantitative estimate of drug-likeness (QED) is 0.840. The average Bonchev–Trinajstić information content (AvgIpc) is 2.69. The summed E-state index contributed by atoms with van der Waals surface area (Å²) in [4.78, 5) is 0. The summed E-state index contributed by atoms with van der Waals surface area (Å²) in [6.07, 6.45) is 1.98. The molecule has 2 rings (SSSR count). The summed E-state index contributed by atoms with van der Waals surface area (Å²) in [6.45, 7) is 0.769. The molecule has 2 N–H and O–H groups in total. The van der Waals surface area contributed by atoms with E-state index in [-0.39, 0.29) is 19.0 Å². The first kappa shape index (κ1) is 13.0. The Hall–Kier alpha value is -1.08. The van der Waals surface area contributed by atoms with Gasteiger partial charge in [0, 0.05) is 12.6 Å². The molecule has 4 heteroatoms. The summed E-state index contributed by atoms with van der Waals surface area (Å²) < 4.78 is 0. The second-order valence-corrected chi connectivity index (χ2v) is 3.75. The van der Waals surface area contributed by atoms with Gasteiger partial charge >= 0.3 is 0 Å². The van der Waals surface area contributed by atoms with E-state index in [0.29, 0.717) is 12.6 Å². The van der Waals surface area contributed by atoms with Crippen molar-refractivity contribution in [1.82, 2.24) is 5.32 Å². The van der Waals surface area contributed by atoms with Crippen molar-refractivity contribution in [2.45, 2.75) is 18.9 Å². The lowest BCUT2D eigenvalue weighted by Crippen LogP contribution is -2.22. The molecule has 86 valence electrons. The third kappa shape index (κ3) is 2.35. The van der Waals surface area contributed by atoms with Crippen LogP contribution in [-0.2, 0) is 6.42 Å². The summed E-state index contributed by atoms with van der Waals surface area (Å²) in [5, 5.41) is 21.0. The number of nitrogens with one attached hydrogen (secondary N) is 1. The summed E-state index contributed by atoms with van der Waals surface area (Å²) in [7, 11) is 0. The minimum Gasteiger partial charge on any atom is -0.395 e. The lowest BCUT2D eigenvalue weighted by Gasteiger charge is -2.12. The third-order valence-electron chi connectivity index (χ3n) is 2.89. The van der Waals surface area contributed by atoms with Crippen LogP contribution in [0.15, 0.2) is 18.2 Å². The Morgan fingerprint density at radius 3 is 3.00 bits per heavy atom. The summed E-state index contributed by atoms with van der Waals surface area (Å²) in [5.74, 6) is 0. The summed E-state index contributed by atoms with van der Waals surface area (Å²) in [5.41, 5.74) is 3.19. The normalized spacial score (nSPS) is 17.4. The average molecular weight is 239 g/mol. The van der Waals surface area contributed by atoms with Crippen molar-refractivity contribution in [3.05, 3.63) is 34.9 Å². The van der Waals surface area contributed by atoms with Gasteiger partial charge in [-0.05, 0) is 30.0 Å². The summed E-state index contributed by atoms with van der Waals surface area (Å²) >= 11 is 0. The van der Waals surface area contributed by atoms with Crippen LogP contribution in [0.5, 0.6) is 0 Å². The van der Waals surface area contributed by atoms with Gasteiger partial charge in [0.2, 0.25) is 0 Å². The molecular formula is C12H15ClN2O. The first-order chi connectivity index (χ1) is 7.36. The van der Waals surface area contributed by atoms with Gasteiger partial charge in [0.25, 0.3) is 0 Å². The molecule has 0 radical (unpaired) electrons. The van der Waals surface area contributed by atoms with Crippen molar-refractivity contribution in [3.8, 4) is 6.07 Å². The molecule has 1 aromatic rings. The second kappa shape index (κ2) is 5.86. The number of nitrogens with zero attached hydrogens (tertiary/aromatic N) is 1. The van der Waals surface area contributed by atoms with Gasteiger partial charge in [-0.25, -0.2) is 0 Å². The van der Waals surface area contributed by atoms with Crippen molar-refractivity contribution in [2.75, 3.05) is 13.2 Å². The molecule has 0 aliphatic heterocycles. The van der Waals surface area contributed by atoms with E-state index >= 15 is 0 Å². The summed E-state index contributed by atoms with van der Waals surface area (Å²) in [6, 6.07) is 8.40. The Labute approximate surface area is 102 Å². The molecule has 16 heavy (non-hydrogen) atoms. The monoisotopic (exact) mass is 238 g/mol. The Bertz CT molecular complexity index is 400. The smallest absolute Gasteiger partial charge is 0.0994 e. The SMILES string of the molecule is Cl.N#Cc1cccc2c1CCC2NCCO. The lowest BCUT2D eigenvalue weighted by molar-refractivity contribution is 0.284. The van der Waals surface area contributed by atoms with Crippen molar-refractivity contribution in [1.29, 1.82) is 5.26 Å². The largest absolute Gasteiger partial charge is 0.395 e. The molecular weight excluding hydrogens is 224 g/mol. The maximum absolute atomic E-state index is 8.95. The van der Waals surface area contributed by atoms with E-state index in [1.807, 2.05) is 12.1 Å². The van der Waals surface area contributed by atoms with Gasteiger partial charge in [0.05, 0.1) is 18.2 Å². The van der Waals surface area contributed by atoms with Gasteiger partial charge in [0.15, 0.2) is 0 Å². The number of fused-ring (bicyclic) bond motifs is 1. The molecule has 0 saturated carbocycles. The van der Waals surface area contributed by atoms with Crippen molar-refractivity contribution < 1.29 is 5.11 Å². The third-order valence-corrected chi connectivity index (χ3v) is 2.89. The number of hydrogen-bond acceptors (Lipinski definition) is 3. The van der Waals surface area contributed by atoms with Crippen LogP contribution in [0, 0.1) is 11.3 Å². The van der Waals surface area contributed by atoms with E-state index in [2.05, 4.69) is 17.5 Å². The number of nitriles is 1. The molecule has 0 bridgehead atoms. The fourth-order valence-electron chi connectivity index (χ4n) is 2.21. The van der Waals surface area contributed by atoms with Gasteiger partial charge in [-0.2, -0.15) is 5.26 Å². The first-order valence-electron chi connectivity index (χ1n) is 5.23. The van der Waals surface area contributed by atoms with Gasteiger partial charge in [-0.15, -0.1) is 12.4 Å². The van der Waals surface area contributed by atoms with Crippen LogP contribution in [0.4, 0.5) is 0 Å². The van der Waals surface area contributed by atoms with E-state index in [4.69, 9.17) is 10.4 Å². The van der Waals surface area contributed by atoms with Crippen LogP contribution in [-0.4, -0.2) is 18.3 Å². The van der Waals surface area contributed by atoms with Gasteiger partial charge in [0.1, 0.15) is 0 Å². The van der Waals surface area contributed by atoms with Gasteiger partial charge in [-0.1, -0.05) is 12.1 Å². The molecule has 1 aromatic carbocycles. The molecule has 1 aliphatic rings. The van der Waals surface area contributed by atoms with Crippen molar-refractivity contribution in [2.24, 2.45) is 0 Å². The number of hydrogen-bond donors (Lipinski definition) is 2. The predicted octanol–water partition coefficient (Wildman–Crippen LogP) is 1.55. The fourth-order valence-corrected chi connectivity index (χ4v) is 2.21. The number of rotatable bonds is 3. The number of halogens is 1. The molecule has 0 aromatic heterocycles. The Morgan fingerprint density at radius 2 is 2.31 bits per heavy atom. The van der Waals surface area contributed by atoms with Crippen LogP contribution >= 0.6 is 12.4 Å². The highest BCUT2D eigenvalue weighted by molar-refractivity contribution is 5.85. The zero-order valence-corrected chi connectivity index (χ0v) is 9.76. The molecule has 1 atom stereocenters. The van der Waals surface area contributed by atoms with E-state index in [1.54, 1.807) is 0 Å². The lowest BCUT2D eigenvalue weighted by atomic mass is 10.0. The maximum atomic E-state index is 8.95. The number of aliphatic hydroxyl groups is 1. The number of aliphatic hydroxyl groups excluding tert-OH is 1. The van der Waals surface area contributed by atoms with Crippen LogP contribution < -0.4 is 5.32 Å². The Kier molecular flexibility index (Phi) is 4.75. The topological polar surface area (TPSA) is 56.0 Å². The van der Waals surface area contributed by atoms with E-state index < -0.39 is 0 Å². The maximum Gasteiger partial charge on any atom is 0.0994 e. The molecule has 0 spiro atoms. The van der Waals surface area contributed by atoms with E-state index in [9.17, 15) is 0 Å². The van der Waals surface area contributed by atoms with E-state index in [0.717, 1.165) is 18.4 Å². The standard InChI is InChI=1S/C12H14N2O.ClH/c13-8-9-2-1-3-11-10(9)4-5-12(11)14-6-7-15;/h1-3,12,14-15H,4-7H2;1H. The van der Waals surface area contributed by atoms with E-state index in [1.165, 1.54) is 11.1 Å². The fraction of sp³-hybridized carbons (Fsp3) is 0.417. The highest BCUT2D eigenvalue weighted by Crippen LogP contribution is 2.32. The van der Waals surface area contributed by atoms with Crippen LogP contribution in [0.1, 0.15) is 29.2 Å². The minimum atomic E-state index is 0. The highest BCUT2D eigenvalue weighted by Gasteiger charge is 2.23. The van der Waals surface area contributed by atoms with Crippen molar-refractivity contribution >= 4 is 12.4 Å². The molecule has 1 aliphatic carbocycles. The van der Waals surface area contributed by atoms with Crippen molar-refractivity contribution in [3.63, 3.8) is 0 Å². The molecule has 3 nitrogen and oxygen atoms in total.